The summed E-state index contributed by atoms with van der Waals surface area (Å²) >= 11 is 0. The van der Waals surface area contributed by atoms with Gasteiger partial charge in [0.15, 0.2) is 0 Å². The molecule has 4 rings (SSSR count). The van der Waals surface area contributed by atoms with Gasteiger partial charge in [0.25, 0.3) is 0 Å². The Morgan fingerprint density at radius 3 is 2.21 bits per heavy atom. The lowest BCUT2D eigenvalue weighted by Gasteiger charge is -2.40. The molecule has 0 aromatic heterocycles. The highest BCUT2D eigenvalue weighted by Crippen LogP contribution is 2.45. The van der Waals surface area contributed by atoms with Crippen molar-refractivity contribution >= 4 is 18.0 Å². The summed E-state index contributed by atoms with van der Waals surface area (Å²) in [6, 6.07) is 15.9. The summed E-state index contributed by atoms with van der Waals surface area (Å²) in [4.78, 5) is 35.7. The molecule has 0 heterocycles. The van der Waals surface area contributed by atoms with Gasteiger partial charge in [-0.05, 0) is 47.4 Å². The van der Waals surface area contributed by atoms with Crippen LogP contribution in [-0.4, -0.2) is 42.3 Å². The number of carboxylic acids is 1. The minimum absolute atomic E-state index is 0.0188. The molecule has 1 fully saturated rings. The van der Waals surface area contributed by atoms with Crippen LogP contribution in [0.15, 0.2) is 48.5 Å². The fraction of sp³-hybridized carbons (Fsp3) is 0.423. The summed E-state index contributed by atoms with van der Waals surface area (Å²) in [6.45, 7) is 2.32. The highest BCUT2D eigenvalue weighted by Gasteiger charge is 2.39. The highest BCUT2D eigenvalue weighted by atomic mass is 16.5. The van der Waals surface area contributed by atoms with Crippen LogP contribution in [0.1, 0.15) is 56.1 Å². The van der Waals surface area contributed by atoms with E-state index in [1.54, 1.807) is 6.92 Å². The van der Waals surface area contributed by atoms with Crippen molar-refractivity contribution in [2.24, 2.45) is 5.41 Å². The van der Waals surface area contributed by atoms with E-state index in [4.69, 9.17) is 9.84 Å². The minimum atomic E-state index is -0.839. The zero-order valence-electron chi connectivity index (χ0n) is 18.8. The van der Waals surface area contributed by atoms with Gasteiger partial charge in [0.05, 0.1) is 6.42 Å². The van der Waals surface area contributed by atoms with Gasteiger partial charge in [-0.2, -0.15) is 0 Å². The number of carbonyl (C=O) groups excluding carboxylic acids is 2. The van der Waals surface area contributed by atoms with Crippen molar-refractivity contribution in [3.8, 4) is 11.1 Å². The Labute approximate surface area is 193 Å². The van der Waals surface area contributed by atoms with Crippen LogP contribution in [0.2, 0.25) is 0 Å². The molecule has 2 aromatic carbocycles. The average molecular weight is 451 g/mol. The van der Waals surface area contributed by atoms with Crippen LogP contribution in [-0.2, 0) is 14.3 Å². The van der Waals surface area contributed by atoms with Crippen LogP contribution in [0.4, 0.5) is 4.79 Å². The van der Waals surface area contributed by atoms with E-state index in [1.165, 1.54) is 11.1 Å². The normalized spacial score (nSPS) is 16.6. The molecular formula is C26H30N2O5. The molecule has 3 N–H and O–H groups in total. The molecule has 2 aliphatic rings. The number of rotatable bonds is 9. The van der Waals surface area contributed by atoms with Crippen LogP contribution < -0.4 is 10.6 Å². The van der Waals surface area contributed by atoms with Crippen LogP contribution >= 0.6 is 0 Å². The lowest BCUT2D eigenvalue weighted by Crippen LogP contribution is -2.45. The Morgan fingerprint density at radius 2 is 1.67 bits per heavy atom. The van der Waals surface area contributed by atoms with Gasteiger partial charge in [-0.1, -0.05) is 55.0 Å². The number of benzene rings is 2. The SMILES string of the molecule is C[C@H](CC(=O)NCC1(CC(=O)O)CCC1)NC(=O)OCC1c2ccccc2-c2ccccc21. The van der Waals surface area contributed by atoms with Gasteiger partial charge >= 0.3 is 12.1 Å². The molecule has 7 heteroatoms. The fourth-order valence-corrected chi connectivity index (χ4v) is 4.94. The zero-order valence-corrected chi connectivity index (χ0v) is 18.8. The lowest BCUT2D eigenvalue weighted by molar-refractivity contribution is -0.141. The van der Waals surface area contributed by atoms with E-state index in [0.29, 0.717) is 6.54 Å². The van der Waals surface area contributed by atoms with E-state index >= 15 is 0 Å². The molecule has 0 radical (unpaired) electrons. The molecule has 174 valence electrons. The van der Waals surface area contributed by atoms with Crippen molar-refractivity contribution in [2.45, 2.75) is 51.0 Å². The number of hydrogen-bond acceptors (Lipinski definition) is 4. The molecule has 2 amide bonds. The third kappa shape index (κ3) is 5.18. The predicted molar refractivity (Wildman–Crippen MR) is 124 cm³/mol. The van der Waals surface area contributed by atoms with Gasteiger partial charge in [-0.25, -0.2) is 4.79 Å². The summed E-state index contributed by atoms with van der Waals surface area (Å²) < 4.78 is 5.53. The quantitative estimate of drug-likeness (QED) is 0.534. The molecule has 2 aromatic rings. The molecule has 0 spiro atoms. The monoisotopic (exact) mass is 450 g/mol. The van der Waals surface area contributed by atoms with Crippen LogP contribution in [0, 0.1) is 5.41 Å². The van der Waals surface area contributed by atoms with Crippen molar-refractivity contribution < 1.29 is 24.2 Å². The second kappa shape index (κ2) is 9.65. The number of hydrogen-bond donors (Lipinski definition) is 3. The second-order valence-electron chi connectivity index (χ2n) is 9.28. The molecule has 0 unspecified atom stereocenters. The minimum Gasteiger partial charge on any atom is -0.481 e. The molecule has 1 atom stereocenters. The van der Waals surface area contributed by atoms with Crippen molar-refractivity contribution in [2.75, 3.05) is 13.2 Å². The number of fused-ring (bicyclic) bond motifs is 3. The molecule has 33 heavy (non-hydrogen) atoms. The van der Waals surface area contributed by atoms with E-state index in [9.17, 15) is 14.4 Å². The smallest absolute Gasteiger partial charge is 0.407 e. The van der Waals surface area contributed by atoms with Gasteiger partial charge in [-0.15, -0.1) is 0 Å². The van der Waals surface area contributed by atoms with E-state index in [-0.39, 0.29) is 36.7 Å². The number of alkyl carbamates (subject to hydrolysis) is 1. The summed E-state index contributed by atoms with van der Waals surface area (Å²) in [6.07, 6.45) is 2.23. The summed E-state index contributed by atoms with van der Waals surface area (Å²) in [5, 5.41) is 14.7. The first kappa shape index (κ1) is 22.8. The average Bonchev–Trinajstić information content (AvgIpc) is 3.07. The number of amides is 2. The van der Waals surface area contributed by atoms with Gasteiger partial charge < -0.3 is 20.5 Å². The van der Waals surface area contributed by atoms with Crippen LogP contribution in [0.25, 0.3) is 11.1 Å². The van der Waals surface area contributed by atoms with Gasteiger partial charge in [-0.3, -0.25) is 9.59 Å². The molecule has 0 saturated heterocycles. The first-order valence-electron chi connectivity index (χ1n) is 11.5. The maximum absolute atomic E-state index is 12.4. The number of nitrogens with one attached hydrogen (secondary N) is 2. The fourth-order valence-electron chi connectivity index (χ4n) is 4.94. The van der Waals surface area contributed by atoms with E-state index in [2.05, 4.69) is 34.9 Å². The van der Waals surface area contributed by atoms with Crippen LogP contribution in [0.3, 0.4) is 0 Å². The topological polar surface area (TPSA) is 105 Å². The summed E-state index contributed by atoms with van der Waals surface area (Å²) in [7, 11) is 0. The van der Waals surface area contributed by atoms with Crippen molar-refractivity contribution in [3.63, 3.8) is 0 Å². The summed E-state index contributed by atoms with van der Waals surface area (Å²) in [5.41, 5.74) is 4.29. The Kier molecular flexibility index (Phi) is 6.67. The first-order chi connectivity index (χ1) is 15.9. The Morgan fingerprint density at radius 1 is 1.06 bits per heavy atom. The van der Waals surface area contributed by atoms with Gasteiger partial charge in [0.2, 0.25) is 5.91 Å². The lowest BCUT2D eigenvalue weighted by atomic mass is 9.66. The molecule has 0 bridgehead atoms. The Hall–Kier alpha value is -3.35. The zero-order chi connectivity index (χ0) is 23.4. The summed E-state index contributed by atoms with van der Waals surface area (Å²) in [5.74, 6) is -1.07. The highest BCUT2D eigenvalue weighted by molar-refractivity contribution is 5.79. The maximum Gasteiger partial charge on any atom is 0.407 e. The predicted octanol–water partition coefficient (Wildman–Crippen LogP) is 4.06. The van der Waals surface area contributed by atoms with Gasteiger partial charge in [0.1, 0.15) is 6.61 Å². The molecular weight excluding hydrogens is 420 g/mol. The largest absolute Gasteiger partial charge is 0.481 e. The molecule has 7 nitrogen and oxygen atoms in total. The van der Waals surface area contributed by atoms with Crippen molar-refractivity contribution in [3.05, 3.63) is 59.7 Å². The molecule has 1 saturated carbocycles. The number of ether oxygens (including phenoxy) is 1. The van der Waals surface area contributed by atoms with Crippen LogP contribution in [0.5, 0.6) is 0 Å². The van der Waals surface area contributed by atoms with E-state index in [0.717, 1.165) is 30.4 Å². The third-order valence-corrected chi connectivity index (χ3v) is 6.80. The number of carboxylic acid groups (broad SMARTS) is 1. The molecule has 2 aliphatic carbocycles. The second-order valence-corrected chi connectivity index (χ2v) is 9.28. The van der Waals surface area contributed by atoms with Crippen molar-refractivity contribution in [1.29, 1.82) is 0 Å². The Bertz CT molecular complexity index is 1000. The first-order valence-corrected chi connectivity index (χ1v) is 11.5. The standard InChI is InChI=1S/C26H30N2O5/c1-17(13-23(29)27-16-26(11-6-12-26)14-24(30)31)28-25(32)33-15-22-20-9-4-2-7-18(20)19-8-3-5-10-21(19)22/h2-5,7-10,17,22H,6,11-16H2,1H3,(H,27,29)(H,28,32)(H,30,31)/t17-/m1/s1. The number of aliphatic carboxylic acids is 1. The van der Waals surface area contributed by atoms with Gasteiger partial charge in [0, 0.05) is 24.9 Å². The Balaban J connectivity index is 1.25. The third-order valence-electron chi connectivity index (χ3n) is 6.80. The maximum atomic E-state index is 12.4. The van der Waals surface area contributed by atoms with E-state index in [1.807, 2.05) is 24.3 Å². The number of carbonyl (C=O) groups is 3. The molecule has 0 aliphatic heterocycles. The van der Waals surface area contributed by atoms with Crippen molar-refractivity contribution in [1.82, 2.24) is 10.6 Å². The van der Waals surface area contributed by atoms with E-state index < -0.39 is 18.1 Å².